The van der Waals surface area contributed by atoms with Crippen LogP contribution in [0.5, 0.6) is 0 Å². The summed E-state index contributed by atoms with van der Waals surface area (Å²) in [4.78, 5) is 56.4. The van der Waals surface area contributed by atoms with Gasteiger partial charge in [0.05, 0.1) is 23.9 Å². The summed E-state index contributed by atoms with van der Waals surface area (Å²) in [6.45, 7) is 21.1. The smallest absolute Gasteiger partial charge is 0.408 e. The quantitative estimate of drug-likeness (QED) is 0.293. The van der Waals surface area contributed by atoms with Crippen molar-refractivity contribution < 1.29 is 48.0 Å². The van der Waals surface area contributed by atoms with E-state index in [1.165, 1.54) is 14.0 Å². The summed E-state index contributed by atoms with van der Waals surface area (Å²) in [5.41, 5.74) is -2.46. The van der Waals surface area contributed by atoms with Crippen molar-refractivity contribution in [1.82, 2.24) is 10.2 Å². The molecule has 0 aromatic rings. The highest BCUT2D eigenvalue weighted by molar-refractivity contribution is 6.00. The summed E-state index contributed by atoms with van der Waals surface area (Å²) in [6.07, 6.45) is -3.09. The summed E-state index contributed by atoms with van der Waals surface area (Å²) >= 11 is 0. The van der Waals surface area contributed by atoms with E-state index in [9.17, 15) is 24.3 Å². The molecule has 2 N–H and O–H groups in total. The molecule has 1 unspecified atom stereocenters. The van der Waals surface area contributed by atoms with E-state index in [1.54, 1.807) is 41.5 Å². The second-order valence-electron chi connectivity index (χ2n) is 16.2. The number of carbonyl (C=O) groups is 4. The molecule has 3 heterocycles. The maximum absolute atomic E-state index is 14.1. The third-order valence-electron chi connectivity index (χ3n) is 11.0. The Balaban J connectivity index is 2.04. The first-order valence-electron chi connectivity index (χ1n) is 17.6. The zero-order chi connectivity index (χ0) is 36.5. The van der Waals surface area contributed by atoms with Gasteiger partial charge in [-0.15, -0.1) is 0 Å². The fourth-order valence-electron chi connectivity index (χ4n) is 7.79. The zero-order valence-electron chi connectivity index (χ0n) is 31.5. The van der Waals surface area contributed by atoms with Crippen molar-refractivity contribution in [2.75, 3.05) is 20.7 Å². The van der Waals surface area contributed by atoms with Gasteiger partial charge in [0.15, 0.2) is 17.7 Å². The predicted molar refractivity (Wildman–Crippen MR) is 179 cm³/mol. The van der Waals surface area contributed by atoms with Gasteiger partial charge in [-0.05, 0) is 72.4 Å². The van der Waals surface area contributed by atoms with E-state index in [0.29, 0.717) is 6.42 Å². The lowest BCUT2D eigenvalue weighted by Crippen LogP contribution is -2.60. The number of esters is 1. The van der Waals surface area contributed by atoms with E-state index in [4.69, 9.17) is 23.7 Å². The topological polar surface area (TPSA) is 150 Å². The SMILES string of the molecule is CC[C@H]1OC(=O)[C@H](C)C(=O)[C@H](C)[C@@H](O[C@@H]2O[C@H](C)C[C@H](N(C)CCC(C)(C)C)[C@H]2O)[C@](C)(OC)C[C@@H](C)C(=O)[C@H](C)C2NC(=O)O[C@@]21C. The van der Waals surface area contributed by atoms with E-state index in [-0.39, 0.29) is 36.2 Å². The van der Waals surface area contributed by atoms with Crippen LogP contribution in [0.15, 0.2) is 0 Å². The van der Waals surface area contributed by atoms with Crippen molar-refractivity contribution in [2.24, 2.45) is 29.1 Å². The first kappa shape index (κ1) is 40.3. The van der Waals surface area contributed by atoms with Gasteiger partial charge in [0.1, 0.15) is 23.9 Å². The second-order valence-corrected chi connectivity index (χ2v) is 16.2. The van der Waals surface area contributed by atoms with Gasteiger partial charge in [-0.25, -0.2) is 4.79 Å². The maximum Gasteiger partial charge on any atom is 0.408 e. The molecule has 3 rings (SSSR count). The largest absolute Gasteiger partial charge is 0.458 e. The summed E-state index contributed by atoms with van der Waals surface area (Å²) in [6, 6.07) is -1.05. The third kappa shape index (κ3) is 8.60. The zero-order valence-corrected chi connectivity index (χ0v) is 31.5. The van der Waals surface area contributed by atoms with Gasteiger partial charge in [0.25, 0.3) is 0 Å². The number of likely N-dealkylation sites (N-methyl/N-ethyl adjacent to an activating group) is 1. The molecule has 0 radical (unpaired) electrons. The molecule has 0 spiro atoms. The van der Waals surface area contributed by atoms with Crippen molar-refractivity contribution in [1.29, 1.82) is 0 Å². The minimum atomic E-state index is -1.34. The van der Waals surface area contributed by atoms with Gasteiger partial charge < -0.3 is 39.0 Å². The van der Waals surface area contributed by atoms with Gasteiger partial charge in [0.2, 0.25) is 0 Å². The molecular formula is C36H62N2O10. The molecule has 48 heavy (non-hydrogen) atoms. The number of cyclic esters (lactones) is 1. The number of amides is 1. The number of rotatable bonds is 7. The maximum atomic E-state index is 14.1. The van der Waals surface area contributed by atoms with Crippen LogP contribution in [0.4, 0.5) is 4.79 Å². The van der Waals surface area contributed by atoms with Crippen LogP contribution in [0, 0.1) is 29.1 Å². The first-order chi connectivity index (χ1) is 22.1. The molecule has 0 bridgehead atoms. The fourth-order valence-corrected chi connectivity index (χ4v) is 7.79. The average Bonchev–Trinajstić information content (AvgIpc) is 3.33. The normalized spacial score (nSPS) is 42.1. The molecule has 3 aliphatic rings. The first-order valence-corrected chi connectivity index (χ1v) is 17.6. The Labute approximate surface area is 287 Å². The van der Waals surface area contributed by atoms with Gasteiger partial charge in [-0.2, -0.15) is 0 Å². The number of aliphatic hydroxyl groups excluding tert-OH is 1. The van der Waals surface area contributed by atoms with Crippen molar-refractivity contribution in [3.63, 3.8) is 0 Å². The Bertz CT molecular complexity index is 1170. The minimum Gasteiger partial charge on any atom is -0.458 e. The number of fused-ring (bicyclic) bond motifs is 1. The monoisotopic (exact) mass is 682 g/mol. The third-order valence-corrected chi connectivity index (χ3v) is 11.0. The lowest BCUT2D eigenvalue weighted by molar-refractivity contribution is -0.296. The molecule has 12 heteroatoms. The molecule has 12 nitrogen and oxygen atoms in total. The molecule has 0 aliphatic carbocycles. The van der Waals surface area contributed by atoms with Gasteiger partial charge in [-0.1, -0.05) is 48.5 Å². The lowest BCUT2D eigenvalue weighted by Gasteiger charge is -2.47. The summed E-state index contributed by atoms with van der Waals surface area (Å²) < 4.78 is 30.5. The van der Waals surface area contributed by atoms with Crippen molar-refractivity contribution in [3.8, 4) is 0 Å². The highest BCUT2D eigenvalue weighted by Gasteiger charge is 2.57. The van der Waals surface area contributed by atoms with Crippen molar-refractivity contribution in [3.05, 3.63) is 0 Å². The Hall–Kier alpha value is -2.12. The predicted octanol–water partition coefficient (Wildman–Crippen LogP) is 4.28. The molecule has 13 atom stereocenters. The number of aliphatic hydroxyl groups is 1. The van der Waals surface area contributed by atoms with Gasteiger partial charge in [-0.3, -0.25) is 14.4 Å². The standard InChI is InChI=1S/C36H62N2O10/c1-14-25-36(11)29(37-33(43)48-36)21(4)26(39)19(2)18-35(10,44-13)30(22(5)27(40)23(6)31(42)46-25)47-32-28(41)24(17-20(3)45-32)38(12)16-15-34(7,8)9/h19-25,28-30,32,41H,14-18H2,1-13H3,(H,37,43)/t19-,20-,21+,22+,23-,24+,25-,28-,29?,30-,32+,35-,36-/m1/s1. The van der Waals surface area contributed by atoms with E-state index in [0.717, 1.165) is 13.0 Å². The minimum absolute atomic E-state index is 0.114. The van der Waals surface area contributed by atoms with Crippen LogP contribution >= 0.6 is 0 Å². The van der Waals surface area contributed by atoms with Crippen LogP contribution in [-0.2, 0) is 38.1 Å². The highest BCUT2D eigenvalue weighted by atomic mass is 16.7. The van der Waals surface area contributed by atoms with Crippen LogP contribution in [0.25, 0.3) is 0 Å². The van der Waals surface area contributed by atoms with Gasteiger partial charge >= 0.3 is 12.1 Å². The van der Waals surface area contributed by atoms with Crippen molar-refractivity contribution in [2.45, 2.75) is 156 Å². The molecule has 3 fully saturated rings. The van der Waals surface area contributed by atoms with Crippen LogP contribution in [0.3, 0.4) is 0 Å². The van der Waals surface area contributed by atoms with Crippen LogP contribution < -0.4 is 5.32 Å². The van der Waals surface area contributed by atoms with E-state index >= 15 is 0 Å². The second kappa shape index (κ2) is 15.4. The summed E-state index contributed by atoms with van der Waals surface area (Å²) in [5, 5.41) is 14.4. The molecule has 276 valence electrons. The number of carbonyl (C=O) groups excluding carboxylic acids is 4. The van der Waals surface area contributed by atoms with Crippen LogP contribution in [-0.4, -0.2) is 108 Å². The number of ketones is 2. The number of ether oxygens (including phenoxy) is 5. The van der Waals surface area contributed by atoms with Gasteiger partial charge in [0, 0.05) is 30.9 Å². The van der Waals surface area contributed by atoms with E-state index < -0.39 is 83.4 Å². The average molecular weight is 683 g/mol. The number of nitrogens with one attached hydrogen (secondary N) is 1. The number of Topliss-reactive ketones (excluding diaryl/α,β-unsaturated/α-hetero) is 2. The molecular weight excluding hydrogens is 620 g/mol. The van der Waals surface area contributed by atoms with Crippen LogP contribution in [0.2, 0.25) is 0 Å². The molecule has 3 saturated heterocycles. The van der Waals surface area contributed by atoms with Crippen LogP contribution in [0.1, 0.15) is 102 Å². The van der Waals surface area contributed by atoms with Crippen molar-refractivity contribution >= 4 is 23.6 Å². The Morgan fingerprint density at radius 1 is 1.02 bits per heavy atom. The van der Waals surface area contributed by atoms with E-state index in [2.05, 4.69) is 31.0 Å². The number of methoxy groups -OCH3 is 1. The number of nitrogens with zero attached hydrogens (tertiary/aromatic N) is 1. The molecule has 0 aromatic carbocycles. The Morgan fingerprint density at radius 3 is 2.21 bits per heavy atom. The molecule has 0 saturated carbocycles. The lowest BCUT2D eigenvalue weighted by atomic mass is 9.73. The molecule has 1 amide bonds. The molecule has 0 aromatic heterocycles. The summed E-state index contributed by atoms with van der Waals surface area (Å²) in [5.74, 6) is -4.82. The number of hydrogen-bond acceptors (Lipinski definition) is 11. The van der Waals surface area contributed by atoms with E-state index in [1.807, 2.05) is 14.0 Å². The highest BCUT2D eigenvalue weighted by Crippen LogP contribution is 2.40. The number of hydrogen-bond donors (Lipinski definition) is 2. The Kier molecular flexibility index (Phi) is 12.9. The molecule has 3 aliphatic heterocycles. The number of alkyl carbamates (subject to hydrolysis) is 1. The Morgan fingerprint density at radius 2 is 1.65 bits per heavy atom. The summed E-state index contributed by atoms with van der Waals surface area (Å²) in [7, 11) is 3.47. The fraction of sp³-hybridized carbons (Fsp3) is 0.889.